The molecule has 1 aliphatic carbocycles. The predicted octanol–water partition coefficient (Wildman–Crippen LogP) is 9.11. The van der Waals surface area contributed by atoms with E-state index in [1.54, 1.807) is 0 Å². The van der Waals surface area contributed by atoms with Crippen molar-refractivity contribution in [2.75, 3.05) is 0 Å². The Bertz CT molecular complexity index is 1120. The molecule has 1 aromatic rings. The van der Waals surface area contributed by atoms with Gasteiger partial charge in [0.25, 0.3) is 0 Å². The van der Waals surface area contributed by atoms with Crippen LogP contribution in [0.1, 0.15) is 122 Å². The van der Waals surface area contributed by atoms with Gasteiger partial charge in [0.05, 0.1) is 0 Å². The van der Waals surface area contributed by atoms with E-state index in [1.165, 1.54) is 5.57 Å². The number of fused-ring (bicyclic) bond motifs is 1. The molecule has 1 heterocycles. The van der Waals surface area contributed by atoms with Crippen molar-refractivity contribution in [2.45, 2.75) is 128 Å². The van der Waals surface area contributed by atoms with Crippen LogP contribution in [0.5, 0.6) is 0 Å². The molecule has 0 bridgehead atoms. The van der Waals surface area contributed by atoms with E-state index in [0.717, 1.165) is 17.0 Å². The summed E-state index contributed by atoms with van der Waals surface area (Å²) >= 11 is 0. The summed E-state index contributed by atoms with van der Waals surface area (Å²) in [6.45, 7) is 32.4. The summed E-state index contributed by atoms with van der Waals surface area (Å²) in [6.07, 6.45) is 0.681. The quantitative estimate of drug-likeness (QED) is 0.293. The van der Waals surface area contributed by atoms with Gasteiger partial charge in [-0.2, -0.15) is 0 Å². The molecule has 0 fully saturated rings. The molecule has 1 aliphatic heterocycles. The first-order valence-corrected chi connectivity index (χ1v) is 14.2. The highest BCUT2D eigenvalue weighted by atomic mass is 16.6. The zero-order valence-electron chi connectivity index (χ0n) is 26.8. The fourth-order valence-corrected chi connectivity index (χ4v) is 6.79. The van der Waals surface area contributed by atoms with Gasteiger partial charge in [-0.1, -0.05) is 113 Å². The molecule has 0 radical (unpaired) electrons. The highest BCUT2D eigenvalue weighted by Gasteiger charge is 2.82. The van der Waals surface area contributed by atoms with E-state index in [9.17, 15) is 4.79 Å². The topological polar surface area (TPSA) is 47.9 Å². The summed E-state index contributed by atoms with van der Waals surface area (Å²) in [5.41, 5.74) is -0.431. The summed E-state index contributed by atoms with van der Waals surface area (Å²) in [6, 6.07) is 9.82. The molecule has 1 aromatic carbocycles. The summed E-state index contributed by atoms with van der Waals surface area (Å²) in [7, 11) is 0. The highest BCUT2D eigenvalue weighted by Crippen LogP contribution is 2.76. The SMILES string of the molecule is CC(C)(C)CC1=NC(c2ccccc2)C2(C(=O)OC(C)(C)C)C(C(C)(C)C)=C(C(C)(C)C)C2(C(C)(C)C)O1. The van der Waals surface area contributed by atoms with Gasteiger partial charge >= 0.3 is 5.97 Å². The lowest BCUT2D eigenvalue weighted by atomic mass is 9.36. The van der Waals surface area contributed by atoms with E-state index in [2.05, 4.69) is 95.2 Å². The third kappa shape index (κ3) is 4.86. The molecule has 0 amide bonds. The molecular formula is C34H53NO3. The van der Waals surface area contributed by atoms with E-state index in [1.807, 2.05) is 39.0 Å². The molecule has 0 spiro atoms. The maximum atomic E-state index is 14.9. The van der Waals surface area contributed by atoms with Gasteiger partial charge in [0.1, 0.15) is 11.6 Å². The second kappa shape index (κ2) is 8.96. The van der Waals surface area contributed by atoms with Gasteiger partial charge in [0.2, 0.25) is 0 Å². The minimum Gasteiger partial charge on any atom is -0.468 e. The first kappa shape index (κ1) is 30.4. The third-order valence-corrected chi connectivity index (χ3v) is 7.58. The van der Waals surface area contributed by atoms with Crippen molar-refractivity contribution in [1.29, 1.82) is 0 Å². The maximum absolute atomic E-state index is 14.9. The zero-order valence-corrected chi connectivity index (χ0v) is 26.8. The fourth-order valence-electron chi connectivity index (χ4n) is 6.79. The van der Waals surface area contributed by atoms with Gasteiger partial charge in [0, 0.05) is 11.8 Å². The number of carbonyl (C=O) groups excluding carboxylic acids is 1. The van der Waals surface area contributed by atoms with Crippen LogP contribution in [0.4, 0.5) is 0 Å². The Hall–Kier alpha value is -2.10. The van der Waals surface area contributed by atoms with Crippen LogP contribution in [0, 0.1) is 27.1 Å². The van der Waals surface area contributed by atoms with Gasteiger partial charge in [-0.15, -0.1) is 0 Å². The van der Waals surface area contributed by atoms with Crippen LogP contribution >= 0.6 is 0 Å². The smallest absolute Gasteiger partial charge is 0.323 e. The molecule has 0 saturated carbocycles. The van der Waals surface area contributed by atoms with E-state index >= 15 is 0 Å². The number of rotatable bonds is 3. The normalized spacial score (nSPS) is 26.7. The molecule has 3 atom stereocenters. The van der Waals surface area contributed by atoms with Gasteiger partial charge in [0.15, 0.2) is 16.9 Å². The lowest BCUT2D eigenvalue weighted by molar-refractivity contribution is -0.213. The van der Waals surface area contributed by atoms with Crippen molar-refractivity contribution in [3.05, 3.63) is 47.0 Å². The highest BCUT2D eigenvalue weighted by molar-refractivity contribution is 5.94. The summed E-state index contributed by atoms with van der Waals surface area (Å²) in [5, 5.41) is 0. The first-order valence-electron chi connectivity index (χ1n) is 14.2. The van der Waals surface area contributed by atoms with E-state index in [4.69, 9.17) is 14.5 Å². The number of benzene rings is 1. The summed E-state index contributed by atoms with van der Waals surface area (Å²) in [4.78, 5) is 20.3. The van der Waals surface area contributed by atoms with Crippen molar-refractivity contribution in [3.8, 4) is 0 Å². The third-order valence-electron chi connectivity index (χ3n) is 7.58. The Morgan fingerprint density at radius 1 is 0.816 bits per heavy atom. The molecule has 0 saturated heterocycles. The van der Waals surface area contributed by atoms with Crippen molar-refractivity contribution in [2.24, 2.45) is 32.1 Å². The molecule has 3 rings (SSSR count). The van der Waals surface area contributed by atoms with E-state index < -0.39 is 28.1 Å². The Morgan fingerprint density at radius 2 is 1.32 bits per heavy atom. The van der Waals surface area contributed by atoms with E-state index in [0.29, 0.717) is 6.42 Å². The summed E-state index contributed by atoms with van der Waals surface area (Å²) in [5.74, 6) is 0.473. The molecule has 3 unspecified atom stereocenters. The van der Waals surface area contributed by atoms with Crippen molar-refractivity contribution in [1.82, 2.24) is 0 Å². The molecule has 2 aliphatic rings. The van der Waals surface area contributed by atoms with Gasteiger partial charge in [-0.05, 0) is 53.7 Å². The van der Waals surface area contributed by atoms with Crippen LogP contribution in [0.3, 0.4) is 0 Å². The molecule has 38 heavy (non-hydrogen) atoms. The molecule has 212 valence electrons. The second-order valence-electron chi connectivity index (χ2n) is 16.7. The van der Waals surface area contributed by atoms with Crippen LogP contribution < -0.4 is 0 Å². The fraction of sp³-hybridized carbons (Fsp3) is 0.706. The molecule has 0 aromatic heterocycles. The molecule has 0 N–H and O–H groups in total. The standard InChI is InChI=1S/C34H53NO3/c1-28(2,3)21-23-35-26(22-19-17-16-18-20-22)33(27(36)38-32(13,14)15)24(29(4,5)6)25(30(7,8)9)34(33,37-23)31(10,11)12/h16-20,26H,21H2,1-15H3. The lowest BCUT2D eigenvalue weighted by Crippen LogP contribution is -2.77. The van der Waals surface area contributed by atoms with Crippen molar-refractivity contribution >= 4 is 11.9 Å². The Kier molecular flexibility index (Phi) is 7.18. The first-order chi connectivity index (χ1) is 16.9. The average Bonchev–Trinajstić information content (AvgIpc) is 2.64. The largest absolute Gasteiger partial charge is 0.468 e. The lowest BCUT2D eigenvalue weighted by Gasteiger charge is -2.71. The Balaban J connectivity index is 2.60. The van der Waals surface area contributed by atoms with Crippen LogP contribution in [0.25, 0.3) is 0 Å². The number of hydrogen-bond donors (Lipinski definition) is 0. The molecule has 4 nitrogen and oxygen atoms in total. The number of hydrogen-bond acceptors (Lipinski definition) is 4. The Labute approximate surface area is 232 Å². The second-order valence-corrected chi connectivity index (χ2v) is 16.7. The van der Waals surface area contributed by atoms with Crippen LogP contribution in [0.15, 0.2) is 46.5 Å². The summed E-state index contributed by atoms with van der Waals surface area (Å²) < 4.78 is 13.6. The Morgan fingerprint density at radius 3 is 1.71 bits per heavy atom. The molecule has 4 heteroatoms. The number of ether oxygens (including phenoxy) is 2. The number of aliphatic imine (C=N–C) groups is 1. The van der Waals surface area contributed by atoms with Gasteiger partial charge in [-0.25, -0.2) is 4.99 Å². The van der Waals surface area contributed by atoms with Crippen molar-refractivity contribution in [3.63, 3.8) is 0 Å². The van der Waals surface area contributed by atoms with Crippen molar-refractivity contribution < 1.29 is 14.3 Å². The number of esters is 1. The zero-order chi connectivity index (χ0) is 29.3. The minimum atomic E-state index is -1.12. The monoisotopic (exact) mass is 523 g/mol. The van der Waals surface area contributed by atoms with E-state index in [-0.39, 0.29) is 22.2 Å². The number of nitrogens with zero attached hydrogens (tertiary/aromatic N) is 1. The van der Waals surface area contributed by atoms with Gasteiger partial charge < -0.3 is 9.47 Å². The molecular weight excluding hydrogens is 470 g/mol. The van der Waals surface area contributed by atoms with Crippen LogP contribution in [0.2, 0.25) is 0 Å². The number of carbonyl (C=O) groups is 1. The van der Waals surface area contributed by atoms with Crippen LogP contribution in [-0.2, 0) is 14.3 Å². The maximum Gasteiger partial charge on any atom is 0.323 e. The average molecular weight is 524 g/mol. The van der Waals surface area contributed by atoms with Gasteiger partial charge in [-0.3, -0.25) is 4.79 Å². The predicted molar refractivity (Wildman–Crippen MR) is 158 cm³/mol. The van der Waals surface area contributed by atoms with Crippen LogP contribution in [-0.4, -0.2) is 23.1 Å². The minimum absolute atomic E-state index is 0.0344.